The van der Waals surface area contributed by atoms with E-state index < -0.39 is 0 Å². The fraction of sp³-hybridized carbons (Fsp3) is 0.684. The maximum atomic E-state index is 5.84. The van der Waals surface area contributed by atoms with Crippen LogP contribution in [-0.2, 0) is 0 Å². The maximum Gasteiger partial charge on any atom is 0.0370 e. The number of nitrogen functional groups attached to an aromatic ring is 1. The molecular weight excluding hydrogens is 298 g/mol. The molecule has 2 aliphatic rings. The van der Waals surface area contributed by atoms with Crippen LogP contribution in [0.25, 0.3) is 0 Å². The second-order valence-electron chi connectivity index (χ2n) is 7.40. The van der Waals surface area contributed by atoms with E-state index in [-0.39, 0.29) is 0 Å². The molecule has 0 radical (unpaired) electrons. The van der Waals surface area contributed by atoms with E-state index >= 15 is 0 Å². The molecular formula is C19H35N5. The molecule has 2 fully saturated rings. The third-order valence-electron chi connectivity index (χ3n) is 5.16. The third kappa shape index (κ3) is 5.10. The van der Waals surface area contributed by atoms with Crippen LogP contribution in [0.4, 0.5) is 11.4 Å². The molecule has 136 valence electrons. The van der Waals surface area contributed by atoms with Crippen molar-refractivity contribution in [3.05, 3.63) is 23.8 Å². The summed E-state index contributed by atoms with van der Waals surface area (Å²) in [6, 6.07) is 7.00. The molecule has 1 atom stereocenters. The molecule has 1 unspecified atom stereocenters. The molecule has 2 saturated heterocycles. The summed E-state index contributed by atoms with van der Waals surface area (Å²) in [5.74, 6) is 0. The number of nitrogens with zero attached hydrogens (tertiary/aromatic N) is 4. The molecule has 0 bridgehead atoms. The van der Waals surface area contributed by atoms with Crippen LogP contribution in [-0.4, -0.2) is 75.3 Å². The number of anilines is 2. The first kappa shape index (κ1) is 19.0. The Labute approximate surface area is 148 Å². The van der Waals surface area contributed by atoms with Crippen LogP contribution in [0.5, 0.6) is 0 Å². The zero-order valence-electron chi connectivity index (χ0n) is 16.1. The monoisotopic (exact) mass is 333 g/mol. The smallest absolute Gasteiger partial charge is 0.0370 e. The van der Waals surface area contributed by atoms with Gasteiger partial charge in [-0.15, -0.1) is 0 Å². The van der Waals surface area contributed by atoms with E-state index in [2.05, 4.69) is 67.1 Å². The van der Waals surface area contributed by atoms with Crippen molar-refractivity contribution in [2.24, 2.45) is 0 Å². The van der Waals surface area contributed by atoms with Gasteiger partial charge in [-0.3, -0.25) is 0 Å². The van der Waals surface area contributed by atoms with Crippen LogP contribution in [0.15, 0.2) is 18.2 Å². The molecule has 2 aliphatic heterocycles. The minimum atomic E-state index is 0.679. The fourth-order valence-electron chi connectivity index (χ4n) is 3.35. The van der Waals surface area contributed by atoms with Crippen molar-refractivity contribution in [2.45, 2.75) is 32.2 Å². The van der Waals surface area contributed by atoms with E-state index in [1.165, 1.54) is 43.6 Å². The van der Waals surface area contributed by atoms with Gasteiger partial charge in [-0.25, -0.2) is 10.0 Å². The lowest BCUT2D eigenvalue weighted by Crippen LogP contribution is -2.33. The molecule has 0 saturated carbocycles. The van der Waals surface area contributed by atoms with Crippen LogP contribution >= 0.6 is 0 Å². The molecule has 1 aromatic carbocycles. The maximum absolute atomic E-state index is 5.84. The van der Waals surface area contributed by atoms with Crippen molar-refractivity contribution in [1.82, 2.24) is 14.9 Å². The number of hydrogen-bond donors (Lipinski definition) is 1. The molecule has 5 heteroatoms. The SMILES string of the molecule is CN(C)N1CCCC1.Cc1cc(N2CCC(N(C)C)C2)ccc1N. The summed E-state index contributed by atoms with van der Waals surface area (Å²) in [5.41, 5.74) is 9.19. The van der Waals surface area contributed by atoms with Gasteiger partial charge in [0.25, 0.3) is 0 Å². The Balaban J connectivity index is 0.000000219. The molecule has 3 rings (SSSR count). The highest BCUT2D eigenvalue weighted by molar-refractivity contribution is 5.58. The lowest BCUT2D eigenvalue weighted by Gasteiger charge is -2.22. The average Bonchev–Trinajstić information content (AvgIpc) is 3.22. The highest BCUT2D eigenvalue weighted by Crippen LogP contribution is 2.25. The van der Waals surface area contributed by atoms with Crippen LogP contribution in [0.3, 0.4) is 0 Å². The van der Waals surface area contributed by atoms with Gasteiger partial charge in [0.05, 0.1) is 0 Å². The standard InChI is InChI=1S/C13H21N3.C6H14N2/c1-10-8-11(4-5-13(10)14)16-7-6-12(9-16)15(2)3;1-7(2)8-5-3-4-6-8/h4-5,8,12H,6-7,9,14H2,1-3H3;3-6H2,1-2H3. The van der Waals surface area contributed by atoms with Gasteiger partial charge in [0.2, 0.25) is 0 Å². The lowest BCUT2D eigenvalue weighted by atomic mass is 10.2. The fourth-order valence-corrected chi connectivity index (χ4v) is 3.35. The summed E-state index contributed by atoms with van der Waals surface area (Å²) in [6.45, 7) is 6.85. The van der Waals surface area contributed by atoms with Gasteiger partial charge >= 0.3 is 0 Å². The summed E-state index contributed by atoms with van der Waals surface area (Å²) >= 11 is 0. The third-order valence-corrected chi connectivity index (χ3v) is 5.16. The molecule has 0 aliphatic carbocycles. The Bertz CT molecular complexity index is 508. The minimum Gasteiger partial charge on any atom is -0.399 e. The van der Waals surface area contributed by atoms with Crippen LogP contribution < -0.4 is 10.6 Å². The lowest BCUT2D eigenvalue weighted by molar-refractivity contribution is 0.0538. The largest absolute Gasteiger partial charge is 0.399 e. The van der Waals surface area contributed by atoms with Gasteiger partial charge in [0.15, 0.2) is 0 Å². The van der Waals surface area contributed by atoms with Gasteiger partial charge in [-0.2, -0.15) is 0 Å². The zero-order chi connectivity index (χ0) is 17.7. The number of benzene rings is 1. The Kier molecular flexibility index (Phi) is 6.90. The highest BCUT2D eigenvalue weighted by Gasteiger charge is 2.24. The van der Waals surface area contributed by atoms with Crippen LogP contribution in [0.2, 0.25) is 0 Å². The van der Waals surface area contributed by atoms with Crippen molar-refractivity contribution < 1.29 is 0 Å². The molecule has 2 N–H and O–H groups in total. The van der Waals surface area contributed by atoms with Crippen molar-refractivity contribution in [3.8, 4) is 0 Å². The molecule has 1 aromatic rings. The topological polar surface area (TPSA) is 39.0 Å². The second-order valence-corrected chi connectivity index (χ2v) is 7.40. The number of likely N-dealkylation sites (N-methyl/N-ethyl adjacent to an activating group) is 1. The molecule has 0 aromatic heterocycles. The number of aryl methyl sites for hydroxylation is 1. The van der Waals surface area contributed by atoms with Gasteiger partial charge in [-0.1, -0.05) is 0 Å². The molecule has 0 amide bonds. The van der Waals surface area contributed by atoms with Crippen molar-refractivity contribution in [3.63, 3.8) is 0 Å². The summed E-state index contributed by atoms with van der Waals surface area (Å²) in [7, 11) is 8.52. The Morgan fingerprint density at radius 1 is 1.04 bits per heavy atom. The normalized spacial score (nSPS) is 21.5. The van der Waals surface area contributed by atoms with E-state index in [1.807, 2.05) is 6.07 Å². The Hall–Kier alpha value is -1.30. The summed E-state index contributed by atoms with van der Waals surface area (Å²) in [4.78, 5) is 4.75. The van der Waals surface area contributed by atoms with E-state index in [9.17, 15) is 0 Å². The summed E-state index contributed by atoms with van der Waals surface area (Å²) in [5, 5.41) is 4.53. The van der Waals surface area contributed by atoms with Crippen molar-refractivity contribution in [1.29, 1.82) is 0 Å². The van der Waals surface area contributed by atoms with Gasteiger partial charge < -0.3 is 15.5 Å². The predicted molar refractivity (Wildman–Crippen MR) is 104 cm³/mol. The van der Waals surface area contributed by atoms with E-state index in [1.54, 1.807) is 0 Å². The number of hydrazine groups is 1. The quantitative estimate of drug-likeness (QED) is 0.859. The Morgan fingerprint density at radius 3 is 2.17 bits per heavy atom. The van der Waals surface area contributed by atoms with Gasteiger partial charge in [-0.05, 0) is 64.0 Å². The van der Waals surface area contributed by atoms with E-state index in [4.69, 9.17) is 5.73 Å². The molecule has 0 spiro atoms. The zero-order valence-corrected chi connectivity index (χ0v) is 16.1. The highest BCUT2D eigenvalue weighted by atomic mass is 15.6. The molecule has 2 heterocycles. The van der Waals surface area contributed by atoms with E-state index in [0.29, 0.717) is 6.04 Å². The van der Waals surface area contributed by atoms with Crippen molar-refractivity contribution >= 4 is 11.4 Å². The summed E-state index contributed by atoms with van der Waals surface area (Å²) < 4.78 is 0. The van der Waals surface area contributed by atoms with E-state index in [0.717, 1.165) is 18.8 Å². The molecule has 5 nitrogen and oxygen atoms in total. The van der Waals surface area contributed by atoms with Crippen LogP contribution in [0.1, 0.15) is 24.8 Å². The first-order valence-electron chi connectivity index (χ1n) is 9.08. The van der Waals surface area contributed by atoms with Gasteiger partial charge in [0, 0.05) is 57.7 Å². The predicted octanol–water partition coefficient (Wildman–Crippen LogP) is 2.28. The number of hydrogen-bond acceptors (Lipinski definition) is 5. The Morgan fingerprint density at radius 2 is 1.71 bits per heavy atom. The first-order chi connectivity index (χ1) is 11.4. The molecule has 24 heavy (non-hydrogen) atoms. The minimum absolute atomic E-state index is 0.679. The summed E-state index contributed by atoms with van der Waals surface area (Å²) in [6.07, 6.45) is 3.99. The van der Waals surface area contributed by atoms with Crippen LogP contribution in [0, 0.1) is 6.92 Å². The first-order valence-corrected chi connectivity index (χ1v) is 9.08. The average molecular weight is 334 g/mol. The second kappa shape index (κ2) is 8.70. The van der Waals surface area contributed by atoms with Crippen molar-refractivity contribution in [2.75, 3.05) is 65.0 Å². The number of rotatable bonds is 3. The van der Waals surface area contributed by atoms with Gasteiger partial charge in [0.1, 0.15) is 0 Å². The number of nitrogens with two attached hydrogens (primary N) is 1.